The van der Waals surface area contributed by atoms with Gasteiger partial charge in [0.15, 0.2) is 0 Å². The summed E-state index contributed by atoms with van der Waals surface area (Å²) in [6.45, 7) is 0.724. The molecule has 0 atom stereocenters. The van der Waals surface area contributed by atoms with Crippen molar-refractivity contribution in [3.8, 4) is 5.75 Å². The van der Waals surface area contributed by atoms with Crippen LogP contribution in [0.5, 0.6) is 5.75 Å². The second kappa shape index (κ2) is 14.2. The van der Waals surface area contributed by atoms with Crippen molar-refractivity contribution in [2.75, 3.05) is 27.9 Å². The maximum Gasteiger partial charge on any atom is 0.337 e. The van der Waals surface area contributed by atoms with Crippen LogP contribution in [-0.4, -0.2) is 61.5 Å². The number of aromatic carboxylic acids is 1. The lowest BCUT2D eigenvalue weighted by Gasteiger charge is -2.15. The number of hydrogen-bond acceptors (Lipinski definition) is 8. The van der Waals surface area contributed by atoms with Gasteiger partial charge in [0.05, 0.1) is 50.1 Å². The molecule has 5 rings (SSSR count). The van der Waals surface area contributed by atoms with E-state index >= 15 is 0 Å². The zero-order chi connectivity index (χ0) is 32.8. The summed E-state index contributed by atoms with van der Waals surface area (Å²) in [5, 5.41) is 10.7. The summed E-state index contributed by atoms with van der Waals surface area (Å²) in [5.41, 5.74) is 5.93. The molecule has 0 radical (unpaired) electrons. The van der Waals surface area contributed by atoms with E-state index in [4.69, 9.17) is 18.9 Å². The largest absolute Gasteiger partial charge is 0.494 e. The third-order valence-corrected chi connectivity index (χ3v) is 8.17. The van der Waals surface area contributed by atoms with Gasteiger partial charge in [0.25, 0.3) is 0 Å². The molecule has 1 heterocycles. The summed E-state index contributed by atoms with van der Waals surface area (Å²) in [5.74, 6) is -1.77. The van der Waals surface area contributed by atoms with E-state index in [0.717, 1.165) is 39.7 Å². The molecule has 1 aliphatic carbocycles. The Balaban J connectivity index is 1.58. The molecule has 1 aliphatic rings. The van der Waals surface area contributed by atoms with Gasteiger partial charge in [0.2, 0.25) is 0 Å². The van der Waals surface area contributed by atoms with Crippen LogP contribution >= 0.6 is 0 Å². The molecule has 0 spiro atoms. The average Bonchev–Trinajstić information content (AvgIpc) is 3.68. The summed E-state index contributed by atoms with van der Waals surface area (Å²) in [6.07, 6.45) is 3.20. The van der Waals surface area contributed by atoms with E-state index < -0.39 is 17.9 Å². The van der Waals surface area contributed by atoms with Gasteiger partial charge in [0.1, 0.15) is 5.75 Å². The highest BCUT2D eigenvalue weighted by Gasteiger charge is 2.29. The van der Waals surface area contributed by atoms with Crippen LogP contribution in [0, 0.1) is 0 Å². The van der Waals surface area contributed by atoms with Crippen LogP contribution in [0.3, 0.4) is 0 Å². The fourth-order valence-electron chi connectivity index (χ4n) is 5.99. The Bertz CT molecular complexity index is 1830. The first-order chi connectivity index (χ1) is 22.2. The Morgan fingerprint density at radius 1 is 0.783 bits per heavy atom. The molecule has 10 heteroatoms. The van der Waals surface area contributed by atoms with Gasteiger partial charge in [0, 0.05) is 28.8 Å². The molecule has 0 bridgehead atoms. The van der Waals surface area contributed by atoms with E-state index in [0.29, 0.717) is 61.3 Å². The number of ether oxygens (including phenoxy) is 4. The monoisotopic (exact) mass is 625 g/mol. The highest BCUT2D eigenvalue weighted by Crippen LogP contribution is 2.42. The molecule has 0 saturated carbocycles. The lowest BCUT2D eigenvalue weighted by molar-refractivity contribution is -0.136. The standard InChI is InChI=1S/C36H35NO9/c1-43-34(40)23-14-12-22(13-15-23)21-37-30(11-6-18-46-26-8-4-7-25(19-26)35(41)44-2)32(27-9-5-10-28(27)36(42)45-3)29-17-16-24(33(38)39)20-31(29)37/h4,7-8,12-17,19-20H,5-6,9-11,18,21H2,1-3H3,(H,38,39). The van der Waals surface area contributed by atoms with Crippen molar-refractivity contribution in [1.29, 1.82) is 0 Å². The second-order valence-corrected chi connectivity index (χ2v) is 10.9. The van der Waals surface area contributed by atoms with E-state index in [9.17, 15) is 24.3 Å². The number of carbonyl (C=O) groups is 4. The summed E-state index contributed by atoms with van der Waals surface area (Å²) in [6, 6.07) is 18.9. The first-order valence-electron chi connectivity index (χ1n) is 14.9. The molecule has 1 aromatic heterocycles. The van der Waals surface area contributed by atoms with Gasteiger partial charge in [-0.05, 0) is 85.7 Å². The molecule has 3 aromatic carbocycles. The molecule has 4 aromatic rings. The SMILES string of the molecule is COC(=O)C1=C(c2c(CCCOc3cccc(C(=O)OC)c3)n(Cc3ccc(C(=O)OC)cc3)c3cc(C(=O)O)ccc23)CCC1. The van der Waals surface area contributed by atoms with Crippen molar-refractivity contribution in [3.63, 3.8) is 0 Å². The second-order valence-electron chi connectivity index (χ2n) is 10.9. The maximum atomic E-state index is 12.9. The molecule has 0 saturated heterocycles. The normalized spacial score (nSPS) is 12.7. The maximum absolute atomic E-state index is 12.9. The smallest absolute Gasteiger partial charge is 0.337 e. The van der Waals surface area contributed by atoms with Crippen molar-refractivity contribution in [2.24, 2.45) is 0 Å². The van der Waals surface area contributed by atoms with Crippen LogP contribution in [0.25, 0.3) is 16.5 Å². The molecule has 10 nitrogen and oxygen atoms in total. The highest BCUT2D eigenvalue weighted by atomic mass is 16.5. The predicted molar refractivity (Wildman–Crippen MR) is 170 cm³/mol. The number of hydrogen-bond donors (Lipinski definition) is 1. The van der Waals surface area contributed by atoms with E-state index in [1.54, 1.807) is 48.5 Å². The van der Waals surface area contributed by atoms with Gasteiger partial charge in [-0.2, -0.15) is 0 Å². The summed E-state index contributed by atoms with van der Waals surface area (Å²) in [7, 11) is 4.03. The first kappa shape index (κ1) is 32.0. The van der Waals surface area contributed by atoms with Crippen molar-refractivity contribution in [3.05, 3.63) is 106 Å². The molecule has 46 heavy (non-hydrogen) atoms. The van der Waals surface area contributed by atoms with E-state index in [1.807, 2.05) is 18.2 Å². The number of aromatic nitrogens is 1. The van der Waals surface area contributed by atoms with E-state index in [1.165, 1.54) is 21.3 Å². The van der Waals surface area contributed by atoms with Crippen LogP contribution < -0.4 is 4.74 Å². The molecule has 0 fully saturated rings. The topological polar surface area (TPSA) is 130 Å². The Kier molecular flexibility index (Phi) is 9.85. The Labute approximate surface area is 266 Å². The number of esters is 3. The minimum Gasteiger partial charge on any atom is -0.494 e. The molecule has 0 unspecified atom stereocenters. The van der Waals surface area contributed by atoms with Crippen LogP contribution in [-0.2, 0) is 32.0 Å². The van der Waals surface area contributed by atoms with E-state index in [-0.39, 0.29) is 11.5 Å². The van der Waals surface area contributed by atoms with Crippen LogP contribution in [0.4, 0.5) is 0 Å². The molecular formula is C36H35NO9. The highest BCUT2D eigenvalue weighted by molar-refractivity contribution is 6.06. The Morgan fingerprint density at radius 3 is 2.17 bits per heavy atom. The van der Waals surface area contributed by atoms with Crippen LogP contribution in [0.2, 0.25) is 0 Å². The zero-order valence-corrected chi connectivity index (χ0v) is 26.0. The molecule has 1 N–H and O–H groups in total. The minimum atomic E-state index is -1.04. The Hall–Kier alpha value is -5.38. The number of carbonyl (C=O) groups excluding carboxylic acids is 3. The van der Waals surface area contributed by atoms with Crippen molar-refractivity contribution < 1.29 is 43.2 Å². The summed E-state index contributed by atoms with van der Waals surface area (Å²) < 4.78 is 22.9. The van der Waals surface area contributed by atoms with Crippen molar-refractivity contribution in [2.45, 2.75) is 38.6 Å². The van der Waals surface area contributed by atoms with Gasteiger partial charge in [-0.25, -0.2) is 19.2 Å². The number of nitrogens with zero attached hydrogens (tertiary/aromatic N) is 1. The number of allylic oxidation sites excluding steroid dienone is 1. The third-order valence-electron chi connectivity index (χ3n) is 8.17. The molecular weight excluding hydrogens is 590 g/mol. The zero-order valence-electron chi connectivity index (χ0n) is 26.0. The number of benzene rings is 3. The lowest BCUT2D eigenvalue weighted by atomic mass is 9.96. The van der Waals surface area contributed by atoms with Crippen LogP contribution in [0.15, 0.2) is 72.3 Å². The minimum absolute atomic E-state index is 0.146. The molecule has 238 valence electrons. The first-order valence-corrected chi connectivity index (χ1v) is 14.9. The van der Waals surface area contributed by atoms with Gasteiger partial charge >= 0.3 is 23.9 Å². The lowest BCUT2D eigenvalue weighted by Crippen LogP contribution is -2.10. The predicted octanol–water partition coefficient (Wildman–Crippen LogP) is 6.08. The third kappa shape index (κ3) is 6.66. The van der Waals surface area contributed by atoms with Gasteiger partial charge in [-0.15, -0.1) is 0 Å². The van der Waals surface area contributed by atoms with E-state index in [2.05, 4.69) is 4.57 Å². The van der Waals surface area contributed by atoms with Gasteiger partial charge in [-0.1, -0.05) is 24.3 Å². The molecule has 0 aliphatic heterocycles. The fraction of sp³-hybridized carbons (Fsp3) is 0.278. The molecule has 0 amide bonds. The van der Waals surface area contributed by atoms with Crippen LogP contribution in [0.1, 0.15) is 73.6 Å². The number of fused-ring (bicyclic) bond motifs is 1. The van der Waals surface area contributed by atoms with Gasteiger partial charge < -0.3 is 28.6 Å². The van der Waals surface area contributed by atoms with Gasteiger partial charge in [-0.3, -0.25) is 0 Å². The number of carboxylic acid groups (broad SMARTS) is 1. The van der Waals surface area contributed by atoms with Crippen molar-refractivity contribution in [1.82, 2.24) is 4.57 Å². The number of carboxylic acids is 1. The summed E-state index contributed by atoms with van der Waals surface area (Å²) >= 11 is 0. The summed E-state index contributed by atoms with van der Waals surface area (Å²) in [4.78, 5) is 48.9. The Morgan fingerprint density at radius 2 is 1.48 bits per heavy atom. The fourth-order valence-corrected chi connectivity index (χ4v) is 5.99. The number of rotatable bonds is 12. The quantitative estimate of drug-likeness (QED) is 0.113. The van der Waals surface area contributed by atoms with Crippen molar-refractivity contribution >= 4 is 40.4 Å². The average molecular weight is 626 g/mol. The number of methoxy groups -OCH3 is 3.